The molecule has 5 nitrogen and oxygen atoms in total. The molecule has 118 valence electrons. The van der Waals surface area contributed by atoms with Gasteiger partial charge < -0.3 is 14.4 Å². The molecule has 0 saturated carbocycles. The molecular weight excluding hydrogens is 292 g/mol. The van der Waals surface area contributed by atoms with E-state index in [1.165, 1.54) is 0 Å². The summed E-state index contributed by atoms with van der Waals surface area (Å²) in [5.41, 5.74) is 2.70. The number of carboxylic acids is 1. The SMILES string of the molecule is CCOC(c1ccncc1)c1c(C(=O)O)n(C)c2ccccc12. The van der Waals surface area contributed by atoms with E-state index in [9.17, 15) is 9.90 Å². The monoisotopic (exact) mass is 310 g/mol. The number of carbonyl (C=O) groups is 1. The van der Waals surface area contributed by atoms with Crippen LogP contribution in [0.4, 0.5) is 0 Å². The molecule has 0 aliphatic heterocycles. The second-order valence-corrected chi connectivity index (χ2v) is 5.26. The second kappa shape index (κ2) is 6.22. The number of hydrogen-bond acceptors (Lipinski definition) is 3. The number of fused-ring (bicyclic) bond motifs is 1. The third-order valence-electron chi connectivity index (χ3n) is 3.95. The fourth-order valence-corrected chi connectivity index (χ4v) is 3.00. The van der Waals surface area contributed by atoms with E-state index < -0.39 is 12.1 Å². The molecule has 5 heteroatoms. The zero-order valence-electron chi connectivity index (χ0n) is 13.1. The Hall–Kier alpha value is -2.66. The predicted molar refractivity (Wildman–Crippen MR) is 87.6 cm³/mol. The van der Waals surface area contributed by atoms with Gasteiger partial charge in [0.15, 0.2) is 0 Å². The summed E-state index contributed by atoms with van der Waals surface area (Å²) in [7, 11) is 1.77. The molecule has 1 N–H and O–H groups in total. The molecular formula is C18H18N2O3. The molecule has 1 aromatic carbocycles. The van der Waals surface area contributed by atoms with Crippen molar-refractivity contribution in [3.63, 3.8) is 0 Å². The van der Waals surface area contributed by atoms with Crippen molar-refractivity contribution in [2.45, 2.75) is 13.0 Å². The van der Waals surface area contributed by atoms with Crippen LogP contribution in [0.2, 0.25) is 0 Å². The molecule has 0 amide bonds. The lowest BCUT2D eigenvalue weighted by Gasteiger charge is -2.18. The molecule has 0 spiro atoms. The van der Waals surface area contributed by atoms with Crippen LogP contribution in [0, 0.1) is 0 Å². The van der Waals surface area contributed by atoms with Crippen molar-refractivity contribution >= 4 is 16.9 Å². The van der Waals surface area contributed by atoms with E-state index in [4.69, 9.17) is 4.74 Å². The van der Waals surface area contributed by atoms with Gasteiger partial charge in [-0.1, -0.05) is 18.2 Å². The Balaban J connectivity index is 2.31. The summed E-state index contributed by atoms with van der Waals surface area (Å²) in [5, 5.41) is 10.6. The van der Waals surface area contributed by atoms with Crippen LogP contribution < -0.4 is 0 Å². The zero-order chi connectivity index (χ0) is 16.4. The lowest BCUT2D eigenvalue weighted by atomic mass is 9.99. The van der Waals surface area contributed by atoms with Crippen molar-refractivity contribution in [2.24, 2.45) is 7.05 Å². The van der Waals surface area contributed by atoms with Crippen LogP contribution >= 0.6 is 0 Å². The largest absolute Gasteiger partial charge is 0.477 e. The van der Waals surface area contributed by atoms with Crippen molar-refractivity contribution in [3.05, 3.63) is 65.6 Å². The van der Waals surface area contributed by atoms with Crippen molar-refractivity contribution in [1.29, 1.82) is 0 Å². The van der Waals surface area contributed by atoms with Gasteiger partial charge in [-0.15, -0.1) is 0 Å². The number of hydrogen-bond donors (Lipinski definition) is 1. The van der Waals surface area contributed by atoms with E-state index in [-0.39, 0.29) is 5.69 Å². The van der Waals surface area contributed by atoms with Gasteiger partial charge in [-0.2, -0.15) is 0 Å². The summed E-state index contributed by atoms with van der Waals surface area (Å²) in [6.07, 6.45) is 2.93. The van der Waals surface area contributed by atoms with Crippen LogP contribution in [0.5, 0.6) is 0 Å². The molecule has 1 atom stereocenters. The fraction of sp³-hybridized carbons (Fsp3) is 0.222. The first-order chi connectivity index (χ1) is 11.1. The Kier molecular flexibility index (Phi) is 4.12. The van der Waals surface area contributed by atoms with Crippen LogP contribution in [0.3, 0.4) is 0 Å². The van der Waals surface area contributed by atoms with Crippen molar-refractivity contribution in [3.8, 4) is 0 Å². The minimum Gasteiger partial charge on any atom is -0.477 e. The Morgan fingerprint density at radius 1 is 1.26 bits per heavy atom. The Morgan fingerprint density at radius 2 is 1.96 bits per heavy atom. The average Bonchev–Trinajstić information content (AvgIpc) is 2.87. The molecule has 23 heavy (non-hydrogen) atoms. The highest BCUT2D eigenvalue weighted by Gasteiger charge is 2.28. The van der Waals surface area contributed by atoms with E-state index >= 15 is 0 Å². The molecule has 0 fully saturated rings. The van der Waals surface area contributed by atoms with E-state index in [2.05, 4.69) is 4.98 Å². The van der Waals surface area contributed by atoms with E-state index in [0.29, 0.717) is 12.2 Å². The number of rotatable bonds is 5. The Bertz CT molecular complexity index is 840. The van der Waals surface area contributed by atoms with Crippen LogP contribution in [0.1, 0.15) is 34.6 Å². The average molecular weight is 310 g/mol. The summed E-state index contributed by atoms with van der Waals surface area (Å²) >= 11 is 0. The number of para-hydroxylation sites is 1. The van der Waals surface area contributed by atoms with Crippen molar-refractivity contribution in [2.75, 3.05) is 6.61 Å². The van der Waals surface area contributed by atoms with Crippen LogP contribution in [0.25, 0.3) is 10.9 Å². The van der Waals surface area contributed by atoms with E-state index in [1.807, 2.05) is 43.3 Å². The molecule has 1 unspecified atom stereocenters. The number of ether oxygens (including phenoxy) is 1. The van der Waals surface area contributed by atoms with Crippen molar-refractivity contribution < 1.29 is 14.6 Å². The smallest absolute Gasteiger partial charge is 0.352 e. The van der Waals surface area contributed by atoms with Gasteiger partial charge in [0.25, 0.3) is 0 Å². The maximum atomic E-state index is 11.9. The van der Waals surface area contributed by atoms with E-state index in [0.717, 1.165) is 16.5 Å². The molecule has 2 heterocycles. The summed E-state index contributed by atoms with van der Waals surface area (Å²) in [6, 6.07) is 11.4. The maximum absolute atomic E-state index is 11.9. The highest BCUT2D eigenvalue weighted by atomic mass is 16.5. The summed E-state index contributed by atoms with van der Waals surface area (Å²) in [6.45, 7) is 2.38. The first kappa shape index (κ1) is 15.2. The normalized spacial score (nSPS) is 12.4. The molecule has 3 rings (SSSR count). The maximum Gasteiger partial charge on any atom is 0.352 e. The fourth-order valence-electron chi connectivity index (χ4n) is 3.00. The number of aryl methyl sites for hydroxylation is 1. The Labute approximate surface area is 134 Å². The van der Waals surface area contributed by atoms with Gasteiger partial charge in [0.05, 0.1) is 0 Å². The quantitative estimate of drug-likeness (QED) is 0.784. The number of pyridine rings is 1. The van der Waals surface area contributed by atoms with Gasteiger partial charge in [-0.3, -0.25) is 4.98 Å². The van der Waals surface area contributed by atoms with Gasteiger partial charge in [-0.25, -0.2) is 4.79 Å². The van der Waals surface area contributed by atoms with Crippen LogP contribution in [-0.2, 0) is 11.8 Å². The van der Waals surface area contributed by atoms with Gasteiger partial charge in [0.2, 0.25) is 0 Å². The third kappa shape index (κ3) is 2.59. The number of carboxylic acid groups (broad SMARTS) is 1. The number of nitrogens with zero attached hydrogens (tertiary/aromatic N) is 2. The lowest BCUT2D eigenvalue weighted by Crippen LogP contribution is -2.13. The number of aromatic carboxylic acids is 1. The molecule has 0 aliphatic carbocycles. The van der Waals surface area contributed by atoms with Crippen molar-refractivity contribution in [1.82, 2.24) is 9.55 Å². The molecule has 0 saturated heterocycles. The highest BCUT2D eigenvalue weighted by molar-refractivity contribution is 5.98. The molecule has 0 radical (unpaired) electrons. The summed E-state index contributed by atoms with van der Waals surface area (Å²) in [4.78, 5) is 15.9. The van der Waals surface area contributed by atoms with Gasteiger partial charge in [0.1, 0.15) is 11.8 Å². The van der Waals surface area contributed by atoms with Crippen LogP contribution in [-0.4, -0.2) is 27.2 Å². The molecule has 3 aromatic rings. The summed E-state index contributed by atoms with van der Waals surface area (Å²) in [5.74, 6) is -0.961. The van der Waals surface area contributed by atoms with Gasteiger partial charge >= 0.3 is 5.97 Å². The van der Waals surface area contributed by atoms with Crippen LogP contribution in [0.15, 0.2) is 48.8 Å². The minimum absolute atomic E-state index is 0.251. The third-order valence-corrected chi connectivity index (χ3v) is 3.95. The number of benzene rings is 1. The predicted octanol–water partition coefficient (Wildman–Crippen LogP) is 3.40. The standard InChI is InChI=1S/C18H18N2O3/c1-3-23-17(12-8-10-19-11-9-12)15-13-6-4-5-7-14(13)20(2)16(15)18(21)22/h4-11,17H,3H2,1-2H3,(H,21,22). The Morgan fingerprint density at radius 3 is 2.61 bits per heavy atom. The summed E-state index contributed by atoms with van der Waals surface area (Å²) < 4.78 is 7.63. The highest BCUT2D eigenvalue weighted by Crippen LogP contribution is 2.36. The molecule has 2 aromatic heterocycles. The second-order valence-electron chi connectivity index (χ2n) is 5.26. The zero-order valence-corrected chi connectivity index (χ0v) is 13.1. The first-order valence-corrected chi connectivity index (χ1v) is 7.47. The lowest BCUT2D eigenvalue weighted by molar-refractivity contribution is 0.0662. The van der Waals surface area contributed by atoms with E-state index in [1.54, 1.807) is 24.0 Å². The molecule has 0 aliphatic rings. The van der Waals surface area contributed by atoms with Gasteiger partial charge in [-0.05, 0) is 30.7 Å². The first-order valence-electron chi connectivity index (χ1n) is 7.47. The topological polar surface area (TPSA) is 64.3 Å². The molecule has 0 bridgehead atoms. The van der Waals surface area contributed by atoms with Gasteiger partial charge in [0, 0.05) is 42.5 Å². The number of aromatic nitrogens is 2. The minimum atomic E-state index is -0.961.